The predicted octanol–water partition coefficient (Wildman–Crippen LogP) is 2.32. The molecule has 0 spiro atoms. The van der Waals surface area contributed by atoms with E-state index in [-0.39, 0.29) is 0 Å². The van der Waals surface area contributed by atoms with Crippen LogP contribution in [0.3, 0.4) is 0 Å². The highest BCUT2D eigenvalue weighted by molar-refractivity contribution is 5.65. The third-order valence-electron chi connectivity index (χ3n) is 5.06. The second-order valence-corrected chi connectivity index (χ2v) is 6.67. The number of pyridine rings is 1. The molecule has 25 heavy (non-hydrogen) atoms. The van der Waals surface area contributed by atoms with Crippen molar-refractivity contribution in [1.29, 1.82) is 5.26 Å². The van der Waals surface area contributed by atoms with E-state index in [1.54, 1.807) is 0 Å². The molecule has 0 unspecified atom stereocenters. The minimum Gasteiger partial charge on any atom is -0.322 e. The van der Waals surface area contributed by atoms with E-state index in [1.807, 2.05) is 28.8 Å². The first-order chi connectivity index (χ1) is 12.3. The van der Waals surface area contributed by atoms with Crippen molar-refractivity contribution in [3.8, 4) is 6.07 Å². The Morgan fingerprint density at radius 3 is 3.12 bits per heavy atom. The number of nitriles is 1. The van der Waals surface area contributed by atoms with Gasteiger partial charge in [0.1, 0.15) is 17.7 Å². The van der Waals surface area contributed by atoms with Crippen LogP contribution >= 0.6 is 0 Å². The molecule has 0 aliphatic carbocycles. The van der Waals surface area contributed by atoms with Crippen molar-refractivity contribution < 1.29 is 0 Å². The van der Waals surface area contributed by atoms with E-state index in [9.17, 15) is 5.26 Å². The van der Waals surface area contributed by atoms with E-state index in [2.05, 4.69) is 39.3 Å². The number of nitrogens with zero attached hydrogens (tertiary/aromatic N) is 5. The summed E-state index contributed by atoms with van der Waals surface area (Å²) in [6.07, 6.45) is 7.10. The number of aryl methyl sites for hydroxylation is 2. The van der Waals surface area contributed by atoms with Crippen molar-refractivity contribution in [2.75, 3.05) is 6.54 Å². The molecule has 1 N–H and O–H groups in total. The first kappa shape index (κ1) is 15.9. The van der Waals surface area contributed by atoms with Crippen molar-refractivity contribution in [3.05, 3.63) is 53.4 Å². The van der Waals surface area contributed by atoms with Gasteiger partial charge in [0.25, 0.3) is 0 Å². The number of aromatic nitrogens is 4. The topological polar surface area (TPSA) is 70.9 Å². The Morgan fingerprint density at radius 1 is 1.36 bits per heavy atom. The molecule has 0 saturated heterocycles. The summed E-state index contributed by atoms with van der Waals surface area (Å²) in [5.74, 6) is 2.79. The fourth-order valence-corrected chi connectivity index (χ4v) is 3.73. The van der Waals surface area contributed by atoms with Crippen molar-refractivity contribution >= 4 is 5.52 Å². The normalized spacial score (nSPS) is 16.7. The van der Waals surface area contributed by atoms with E-state index in [0.717, 1.165) is 67.2 Å². The maximum Gasteiger partial charge on any atom is 0.133 e. The molecule has 0 aromatic carbocycles. The highest BCUT2D eigenvalue weighted by atomic mass is 15.3. The lowest BCUT2D eigenvalue weighted by Gasteiger charge is -2.24. The highest BCUT2D eigenvalue weighted by Crippen LogP contribution is 2.21. The van der Waals surface area contributed by atoms with Crippen LogP contribution in [-0.4, -0.2) is 25.7 Å². The van der Waals surface area contributed by atoms with E-state index < -0.39 is 0 Å². The summed E-state index contributed by atoms with van der Waals surface area (Å²) in [5, 5.41) is 21.6. The third kappa shape index (κ3) is 2.92. The zero-order chi connectivity index (χ0) is 17.2. The SMILES string of the molecule is CCc1nnc2n1C[C@@H](CNCc1cn3ccccc3c1C#N)CC2. The molecule has 0 saturated carbocycles. The molecule has 0 bridgehead atoms. The van der Waals surface area contributed by atoms with Gasteiger partial charge in [0.2, 0.25) is 0 Å². The minimum absolute atomic E-state index is 0.580. The van der Waals surface area contributed by atoms with Gasteiger partial charge in [-0.15, -0.1) is 10.2 Å². The summed E-state index contributed by atoms with van der Waals surface area (Å²) in [7, 11) is 0. The standard InChI is InChI=1S/C19H22N6/c1-2-18-22-23-19-7-6-14(12-25(18)19)10-21-11-15-13-24-8-4-3-5-17(24)16(15)9-20/h3-5,8,13-14,21H,2,6-7,10-12H2,1H3/t14-/m1/s1. The Labute approximate surface area is 147 Å². The quantitative estimate of drug-likeness (QED) is 0.777. The average Bonchev–Trinajstić information content (AvgIpc) is 3.21. The molecular weight excluding hydrogens is 312 g/mol. The van der Waals surface area contributed by atoms with Crippen LogP contribution in [0.4, 0.5) is 0 Å². The number of nitrogens with one attached hydrogen (secondary N) is 1. The molecule has 0 fully saturated rings. The van der Waals surface area contributed by atoms with Gasteiger partial charge in [0.05, 0.1) is 11.1 Å². The van der Waals surface area contributed by atoms with Gasteiger partial charge in [0, 0.05) is 43.9 Å². The molecule has 4 rings (SSSR count). The van der Waals surface area contributed by atoms with E-state index in [0.29, 0.717) is 5.92 Å². The third-order valence-corrected chi connectivity index (χ3v) is 5.06. The molecule has 6 heteroatoms. The maximum absolute atomic E-state index is 9.49. The van der Waals surface area contributed by atoms with E-state index >= 15 is 0 Å². The van der Waals surface area contributed by atoms with Gasteiger partial charge >= 0.3 is 0 Å². The summed E-state index contributed by atoms with van der Waals surface area (Å²) in [4.78, 5) is 0. The summed E-state index contributed by atoms with van der Waals surface area (Å²) in [6, 6.07) is 8.29. The lowest BCUT2D eigenvalue weighted by Crippen LogP contribution is -2.30. The number of hydrogen-bond acceptors (Lipinski definition) is 4. The summed E-state index contributed by atoms with van der Waals surface area (Å²) in [5.41, 5.74) is 2.80. The largest absolute Gasteiger partial charge is 0.322 e. The minimum atomic E-state index is 0.580. The molecule has 1 aliphatic heterocycles. The van der Waals surface area contributed by atoms with E-state index in [4.69, 9.17) is 0 Å². The molecule has 4 heterocycles. The second kappa shape index (κ2) is 6.69. The van der Waals surface area contributed by atoms with Gasteiger partial charge in [0.15, 0.2) is 0 Å². The zero-order valence-electron chi connectivity index (χ0n) is 14.4. The number of hydrogen-bond donors (Lipinski definition) is 1. The van der Waals surface area contributed by atoms with Crippen LogP contribution in [0.5, 0.6) is 0 Å². The summed E-state index contributed by atoms with van der Waals surface area (Å²) < 4.78 is 4.30. The monoisotopic (exact) mass is 334 g/mol. The Hall–Kier alpha value is -2.65. The van der Waals surface area contributed by atoms with Gasteiger partial charge in [-0.25, -0.2) is 0 Å². The second-order valence-electron chi connectivity index (χ2n) is 6.67. The molecule has 3 aromatic rings. The Bertz CT molecular complexity index is 916. The molecule has 1 aliphatic rings. The van der Waals surface area contributed by atoms with Crippen molar-refractivity contribution in [2.24, 2.45) is 5.92 Å². The molecule has 128 valence electrons. The van der Waals surface area contributed by atoms with Crippen LogP contribution in [0.2, 0.25) is 0 Å². The van der Waals surface area contributed by atoms with Gasteiger partial charge in [-0.3, -0.25) is 0 Å². The van der Waals surface area contributed by atoms with Gasteiger partial charge in [-0.1, -0.05) is 13.0 Å². The zero-order valence-corrected chi connectivity index (χ0v) is 14.4. The number of rotatable bonds is 5. The fraction of sp³-hybridized carbons (Fsp3) is 0.421. The van der Waals surface area contributed by atoms with Crippen LogP contribution in [0.1, 0.15) is 36.1 Å². The van der Waals surface area contributed by atoms with Crippen molar-refractivity contribution in [2.45, 2.75) is 39.3 Å². The molecule has 1 atom stereocenters. The van der Waals surface area contributed by atoms with Crippen molar-refractivity contribution in [1.82, 2.24) is 24.5 Å². The van der Waals surface area contributed by atoms with Crippen molar-refractivity contribution in [3.63, 3.8) is 0 Å². The van der Waals surface area contributed by atoms with Gasteiger partial charge in [-0.2, -0.15) is 5.26 Å². The molecule has 0 radical (unpaired) electrons. The van der Waals surface area contributed by atoms with Crippen LogP contribution < -0.4 is 5.32 Å². The smallest absolute Gasteiger partial charge is 0.133 e. The summed E-state index contributed by atoms with van der Waals surface area (Å²) >= 11 is 0. The Morgan fingerprint density at radius 2 is 2.28 bits per heavy atom. The Balaban J connectivity index is 1.41. The number of fused-ring (bicyclic) bond motifs is 2. The fourth-order valence-electron chi connectivity index (χ4n) is 3.73. The summed E-state index contributed by atoms with van der Waals surface area (Å²) in [6.45, 7) is 4.77. The molecule has 3 aromatic heterocycles. The van der Waals surface area contributed by atoms with Gasteiger partial charge < -0.3 is 14.3 Å². The van der Waals surface area contributed by atoms with Gasteiger partial charge in [-0.05, 0) is 31.0 Å². The first-order valence-corrected chi connectivity index (χ1v) is 8.90. The lowest BCUT2D eigenvalue weighted by molar-refractivity contribution is 0.342. The predicted molar refractivity (Wildman–Crippen MR) is 95.0 cm³/mol. The van der Waals surface area contributed by atoms with Crippen LogP contribution in [-0.2, 0) is 25.9 Å². The van der Waals surface area contributed by atoms with Crippen LogP contribution in [0.25, 0.3) is 5.52 Å². The molecule has 6 nitrogen and oxygen atoms in total. The van der Waals surface area contributed by atoms with Crippen LogP contribution in [0, 0.1) is 17.2 Å². The lowest BCUT2D eigenvalue weighted by atomic mass is 9.99. The van der Waals surface area contributed by atoms with E-state index in [1.165, 1.54) is 0 Å². The molecular formula is C19H22N6. The average molecular weight is 334 g/mol. The maximum atomic E-state index is 9.49. The highest BCUT2D eigenvalue weighted by Gasteiger charge is 2.22. The molecule has 0 amide bonds. The van der Waals surface area contributed by atoms with Crippen LogP contribution in [0.15, 0.2) is 30.6 Å². The Kier molecular flexibility index (Phi) is 4.24. The first-order valence-electron chi connectivity index (χ1n) is 8.90.